The molecule has 0 radical (unpaired) electrons. The second-order valence-electron chi connectivity index (χ2n) is 2.92. The van der Waals surface area contributed by atoms with Gasteiger partial charge >= 0.3 is 0 Å². The van der Waals surface area contributed by atoms with Crippen LogP contribution >= 0.6 is 27.3 Å². The first-order valence-corrected chi connectivity index (χ1v) is 6.00. The maximum absolute atomic E-state index is 13.3. The molecule has 0 aliphatic heterocycles. The van der Waals surface area contributed by atoms with E-state index in [4.69, 9.17) is 0 Å². The standard InChI is InChI=1S/C10H8BrFN2S/c11-7-4-9(12)10(13-5-7)14-6-8-2-1-3-15-8/h1-5H,6H2,(H,13,14). The molecular formula is C10H8BrFN2S. The van der Waals surface area contributed by atoms with Crippen molar-refractivity contribution in [2.24, 2.45) is 0 Å². The van der Waals surface area contributed by atoms with E-state index < -0.39 is 0 Å². The molecule has 2 aromatic heterocycles. The molecule has 2 nitrogen and oxygen atoms in total. The highest BCUT2D eigenvalue weighted by Crippen LogP contribution is 2.17. The lowest BCUT2D eigenvalue weighted by atomic mass is 10.4. The molecule has 0 aliphatic rings. The Kier molecular flexibility index (Phi) is 3.33. The molecule has 0 spiro atoms. The van der Waals surface area contributed by atoms with E-state index in [-0.39, 0.29) is 11.6 Å². The van der Waals surface area contributed by atoms with E-state index in [1.54, 1.807) is 17.5 Å². The first-order valence-electron chi connectivity index (χ1n) is 4.33. The average Bonchev–Trinajstić information content (AvgIpc) is 2.69. The summed E-state index contributed by atoms with van der Waals surface area (Å²) in [5, 5.41) is 4.93. The van der Waals surface area contributed by atoms with Gasteiger partial charge in [0, 0.05) is 15.5 Å². The van der Waals surface area contributed by atoms with Gasteiger partial charge in [0.2, 0.25) is 0 Å². The Bertz CT molecular complexity index is 445. The largest absolute Gasteiger partial charge is 0.363 e. The van der Waals surface area contributed by atoms with Crippen molar-refractivity contribution in [3.05, 3.63) is 44.9 Å². The maximum Gasteiger partial charge on any atom is 0.166 e. The smallest absolute Gasteiger partial charge is 0.166 e. The van der Waals surface area contributed by atoms with Crippen molar-refractivity contribution in [3.63, 3.8) is 0 Å². The molecule has 0 aliphatic carbocycles. The number of nitrogens with zero attached hydrogens (tertiary/aromatic N) is 1. The van der Waals surface area contributed by atoms with E-state index in [9.17, 15) is 4.39 Å². The molecule has 2 rings (SSSR count). The van der Waals surface area contributed by atoms with Gasteiger partial charge in [-0.2, -0.15) is 0 Å². The van der Waals surface area contributed by atoms with Gasteiger partial charge in [-0.15, -0.1) is 11.3 Å². The van der Waals surface area contributed by atoms with Crippen LogP contribution < -0.4 is 5.32 Å². The summed E-state index contributed by atoms with van der Waals surface area (Å²) < 4.78 is 14.0. The van der Waals surface area contributed by atoms with E-state index in [0.717, 1.165) is 4.88 Å². The van der Waals surface area contributed by atoms with Gasteiger partial charge in [0.25, 0.3) is 0 Å². The molecule has 2 aromatic rings. The first kappa shape index (κ1) is 10.6. The molecule has 0 saturated carbocycles. The first-order chi connectivity index (χ1) is 7.25. The van der Waals surface area contributed by atoms with Crippen molar-refractivity contribution in [2.45, 2.75) is 6.54 Å². The molecule has 5 heteroatoms. The van der Waals surface area contributed by atoms with Crippen LogP contribution in [-0.2, 0) is 6.54 Å². The third kappa shape index (κ3) is 2.76. The lowest BCUT2D eigenvalue weighted by Crippen LogP contribution is -2.02. The van der Waals surface area contributed by atoms with E-state index in [1.165, 1.54) is 6.07 Å². The van der Waals surface area contributed by atoms with E-state index in [0.29, 0.717) is 11.0 Å². The monoisotopic (exact) mass is 286 g/mol. The molecular weight excluding hydrogens is 279 g/mol. The predicted octanol–water partition coefficient (Wildman–Crippen LogP) is 3.66. The third-order valence-corrected chi connectivity index (χ3v) is 3.13. The second-order valence-corrected chi connectivity index (χ2v) is 4.86. The summed E-state index contributed by atoms with van der Waals surface area (Å²) in [6.07, 6.45) is 1.57. The van der Waals surface area contributed by atoms with Crippen molar-refractivity contribution in [1.29, 1.82) is 0 Å². The number of thiophene rings is 1. The summed E-state index contributed by atoms with van der Waals surface area (Å²) in [5.74, 6) is -0.0625. The highest BCUT2D eigenvalue weighted by molar-refractivity contribution is 9.10. The van der Waals surface area contributed by atoms with Gasteiger partial charge in [-0.25, -0.2) is 9.37 Å². The minimum Gasteiger partial charge on any atom is -0.363 e. The minimum absolute atomic E-state index is 0.284. The van der Waals surface area contributed by atoms with Crippen LogP contribution in [-0.4, -0.2) is 4.98 Å². The van der Waals surface area contributed by atoms with E-state index >= 15 is 0 Å². The highest BCUT2D eigenvalue weighted by Gasteiger charge is 2.03. The third-order valence-electron chi connectivity index (χ3n) is 1.82. The van der Waals surface area contributed by atoms with Crippen molar-refractivity contribution in [2.75, 3.05) is 5.32 Å². The molecule has 15 heavy (non-hydrogen) atoms. The zero-order chi connectivity index (χ0) is 10.7. The van der Waals surface area contributed by atoms with Crippen LogP contribution in [0, 0.1) is 5.82 Å². The summed E-state index contributed by atoms with van der Waals surface area (Å²) in [6, 6.07) is 5.35. The van der Waals surface area contributed by atoms with E-state index in [2.05, 4.69) is 26.2 Å². The van der Waals surface area contributed by atoms with Gasteiger partial charge in [-0.3, -0.25) is 0 Å². The highest BCUT2D eigenvalue weighted by atomic mass is 79.9. The molecule has 0 amide bonds. The SMILES string of the molecule is Fc1cc(Br)cnc1NCc1cccs1. The summed E-state index contributed by atoms with van der Waals surface area (Å²) >= 11 is 4.79. The molecule has 1 N–H and O–H groups in total. The fourth-order valence-electron chi connectivity index (χ4n) is 1.13. The molecule has 78 valence electrons. The summed E-state index contributed by atoms with van der Waals surface area (Å²) in [7, 11) is 0. The van der Waals surface area contributed by atoms with Crippen molar-refractivity contribution < 1.29 is 4.39 Å². The lowest BCUT2D eigenvalue weighted by Gasteiger charge is -2.04. The molecule has 0 fully saturated rings. The lowest BCUT2D eigenvalue weighted by molar-refractivity contribution is 0.623. The van der Waals surface area contributed by atoms with Gasteiger partial charge in [-0.1, -0.05) is 6.07 Å². The second kappa shape index (κ2) is 4.72. The quantitative estimate of drug-likeness (QED) is 0.932. The Labute approximate surface area is 99.3 Å². The number of aromatic nitrogens is 1. The Morgan fingerprint density at radius 2 is 2.40 bits per heavy atom. The molecule has 2 heterocycles. The van der Waals surface area contributed by atoms with Crippen LogP contribution in [0.1, 0.15) is 4.88 Å². The van der Waals surface area contributed by atoms with Gasteiger partial charge in [0.1, 0.15) is 0 Å². The van der Waals surface area contributed by atoms with Gasteiger partial charge in [-0.05, 0) is 33.4 Å². The molecule has 0 aromatic carbocycles. The predicted molar refractivity (Wildman–Crippen MR) is 63.5 cm³/mol. The maximum atomic E-state index is 13.3. The zero-order valence-corrected chi connectivity index (χ0v) is 10.1. The number of nitrogens with one attached hydrogen (secondary N) is 1. The summed E-state index contributed by atoms with van der Waals surface area (Å²) in [6.45, 7) is 0.600. The number of anilines is 1. The topological polar surface area (TPSA) is 24.9 Å². The van der Waals surface area contributed by atoms with Gasteiger partial charge in [0.15, 0.2) is 11.6 Å². The van der Waals surface area contributed by atoms with Crippen LogP contribution in [0.3, 0.4) is 0 Å². The van der Waals surface area contributed by atoms with Crippen LogP contribution in [0.15, 0.2) is 34.2 Å². The number of halogens is 2. The van der Waals surface area contributed by atoms with Crippen LogP contribution in [0.4, 0.5) is 10.2 Å². The molecule has 0 atom stereocenters. The number of pyridine rings is 1. The van der Waals surface area contributed by atoms with Gasteiger partial charge < -0.3 is 5.32 Å². The van der Waals surface area contributed by atoms with Crippen molar-refractivity contribution in [1.82, 2.24) is 4.98 Å². The number of hydrogen-bond acceptors (Lipinski definition) is 3. The van der Waals surface area contributed by atoms with Crippen LogP contribution in [0.5, 0.6) is 0 Å². The van der Waals surface area contributed by atoms with Crippen molar-refractivity contribution in [3.8, 4) is 0 Å². The van der Waals surface area contributed by atoms with E-state index in [1.807, 2.05) is 17.5 Å². The molecule has 0 unspecified atom stereocenters. The molecule has 0 saturated heterocycles. The van der Waals surface area contributed by atoms with Gasteiger partial charge in [0.05, 0.1) is 6.54 Å². The summed E-state index contributed by atoms with van der Waals surface area (Å²) in [5.41, 5.74) is 0. The van der Waals surface area contributed by atoms with Crippen molar-refractivity contribution >= 4 is 33.1 Å². The normalized spacial score (nSPS) is 10.3. The Balaban J connectivity index is 2.05. The minimum atomic E-state index is -0.346. The Morgan fingerprint density at radius 3 is 3.07 bits per heavy atom. The zero-order valence-electron chi connectivity index (χ0n) is 7.71. The fourth-order valence-corrected chi connectivity index (χ4v) is 2.08. The fraction of sp³-hybridized carbons (Fsp3) is 0.100. The average molecular weight is 287 g/mol. The van der Waals surface area contributed by atoms with Crippen LogP contribution in [0.25, 0.3) is 0 Å². The number of rotatable bonds is 3. The Morgan fingerprint density at radius 1 is 1.53 bits per heavy atom. The van der Waals surface area contributed by atoms with Crippen LogP contribution in [0.2, 0.25) is 0 Å². The number of hydrogen-bond donors (Lipinski definition) is 1. The summed E-state index contributed by atoms with van der Waals surface area (Å²) in [4.78, 5) is 5.10. The molecule has 0 bridgehead atoms. The Hall–Kier alpha value is -0.940.